The summed E-state index contributed by atoms with van der Waals surface area (Å²) in [6.07, 6.45) is -1.59. The Morgan fingerprint density at radius 1 is 1.33 bits per heavy atom. The monoisotopic (exact) mass is 421 g/mol. The van der Waals surface area contributed by atoms with Gasteiger partial charge in [-0.15, -0.1) is 0 Å². The lowest BCUT2D eigenvalue weighted by Gasteiger charge is -2.15. The van der Waals surface area contributed by atoms with Crippen LogP contribution in [0.4, 0.5) is 5.69 Å². The third kappa shape index (κ3) is 4.79. The van der Waals surface area contributed by atoms with E-state index in [1.807, 2.05) is 0 Å². The summed E-state index contributed by atoms with van der Waals surface area (Å²) in [6, 6.07) is 4.95. The molecule has 1 fully saturated rings. The molecule has 0 spiro atoms. The van der Waals surface area contributed by atoms with Gasteiger partial charge in [-0.25, -0.2) is 4.79 Å². The van der Waals surface area contributed by atoms with Gasteiger partial charge in [-0.2, -0.15) is 0 Å². The zero-order valence-electron chi connectivity index (χ0n) is 15.6. The minimum atomic E-state index is -0.959. The van der Waals surface area contributed by atoms with E-state index in [4.69, 9.17) is 14.6 Å². The zero-order valence-corrected chi connectivity index (χ0v) is 15.6. The van der Waals surface area contributed by atoms with Crippen LogP contribution in [-0.4, -0.2) is 49.5 Å². The van der Waals surface area contributed by atoms with Gasteiger partial charge in [0.2, 0.25) is 0 Å². The highest BCUT2D eigenvalue weighted by atomic mass is 16.6. The first-order chi connectivity index (χ1) is 14.3. The predicted molar refractivity (Wildman–Crippen MR) is 100.0 cm³/mol. The fourth-order valence-corrected chi connectivity index (χ4v) is 3.02. The van der Waals surface area contributed by atoms with Crippen LogP contribution in [0.2, 0.25) is 0 Å². The van der Waals surface area contributed by atoms with Crippen LogP contribution in [0.5, 0.6) is 5.75 Å². The molecule has 2 heterocycles. The summed E-state index contributed by atoms with van der Waals surface area (Å²) in [5.41, 5.74) is -1.43. The van der Waals surface area contributed by atoms with Crippen molar-refractivity contribution in [2.75, 3.05) is 6.61 Å². The Morgan fingerprint density at radius 2 is 2.03 bits per heavy atom. The summed E-state index contributed by atoms with van der Waals surface area (Å²) in [4.78, 5) is 48.3. The van der Waals surface area contributed by atoms with Gasteiger partial charge >= 0.3 is 11.7 Å². The number of aromatic nitrogens is 2. The second kappa shape index (κ2) is 8.98. The Hall–Kier alpha value is -3.35. The van der Waals surface area contributed by atoms with Gasteiger partial charge < -0.3 is 19.7 Å². The van der Waals surface area contributed by atoms with E-state index in [-0.39, 0.29) is 36.3 Å². The normalized spacial score (nSPS) is 20.8. The molecule has 0 radical (unpaired) electrons. The number of H-pyrrole nitrogens is 1. The number of rotatable bonds is 7. The van der Waals surface area contributed by atoms with Gasteiger partial charge in [0.05, 0.1) is 24.1 Å². The number of carbonyl (C=O) groups is 1. The molecule has 0 bridgehead atoms. The minimum absolute atomic E-state index is 0.0415. The number of nitrogens with zero attached hydrogens (tertiary/aromatic N) is 2. The number of nitro benzene ring substituents is 1. The molecule has 0 amide bonds. The standard InChI is InChI=1S/C18H19N3O9/c22-9-14-13(23)7-15(30-14)20-8-10(17(25)19-18(20)26)1-6-16(24)29-12-4-2-11(3-5-12)21(27)28/h2-5,8,13-15,22-23H,1,6-7,9H2,(H,19,25,26)/t13?,14-,15-/m1/s1. The minimum Gasteiger partial charge on any atom is -0.427 e. The molecule has 160 valence electrons. The van der Waals surface area contributed by atoms with Crippen molar-refractivity contribution in [3.8, 4) is 5.75 Å². The number of esters is 1. The highest BCUT2D eigenvalue weighted by Crippen LogP contribution is 2.27. The zero-order chi connectivity index (χ0) is 21.8. The van der Waals surface area contributed by atoms with Crippen molar-refractivity contribution >= 4 is 11.7 Å². The highest BCUT2D eigenvalue weighted by molar-refractivity contribution is 5.72. The van der Waals surface area contributed by atoms with Gasteiger partial charge in [0.1, 0.15) is 18.1 Å². The second-order valence-electron chi connectivity index (χ2n) is 6.66. The van der Waals surface area contributed by atoms with Crippen LogP contribution in [0.3, 0.4) is 0 Å². The summed E-state index contributed by atoms with van der Waals surface area (Å²) in [7, 11) is 0. The smallest absolute Gasteiger partial charge is 0.330 e. The van der Waals surface area contributed by atoms with Gasteiger partial charge in [0.25, 0.3) is 11.2 Å². The summed E-state index contributed by atoms with van der Waals surface area (Å²) < 4.78 is 11.6. The van der Waals surface area contributed by atoms with Gasteiger partial charge in [-0.05, 0) is 18.6 Å². The molecule has 3 rings (SSSR count). The van der Waals surface area contributed by atoms with E-state index in [1.165, 1.54) is 30.5 Å². The molecule has 1 aliphatic rings. The van der Waals surface area contributed by atoms with Crippen molar-refractivity contribution in [2.45, 2.75) is 37.7 Å². The Labute approximate surface area is 168 Å². The molecule has 0 aliphatic carbocycles. The van der Waals surface area contributed by atoms with Crippen molar-refractivity contribution in [3.05, 3.63) is 67.0 Å². The molecule has 0 saturated carbocycles. The topological polar surface area (TPSA) is 174 Å². The lowest BCUT2D eigenvalue weighted by Crippen LogP contribution is -2.34. The van der Waals surface area contributed by atoms with Crippen molar-refractivity contribution < 1.29 is 29.4 Å². The molecule has 30 heavy (non-hydrogen) atoms. The summed E-state index contributed by atoms with van der Waals surface area (Å²) in [5, 5.41) is 29.6. The second-order valence-corrected chi connectivity index (χ2v) is 6.66. The van der Waals surface area contributed by atoms with E-state index in [1.54, 1.807) is 0 Å². The molecule has 1 aromatic carbocycles. The number of aryl methyl sites for hydroxylation is 1. The quantitative estimate of drug-likeness (QED) is 0.233. The van der Waals surface area contributed by atoms with Crippen molar-refractivity contribution in [2.24, 2.45) is 0 Å². The van der Waals surface area contributed by atoms with Gasteiger partial charge in [0.15, 0.2) is 0 Å². The lowest BCUT2D eigenvalue weighted by molar-refractivity contribution is -0.384. The average Bonchev–Trinajstić information content (AvgIpc) is 3.08. The van der Waals surface area contributed by atoms with Crippen LogP contribution >= 0.6 is 0 Å². The number of ether oxygens (including phenoxy) is 2. The maximum Gasteiger partial charge on any atom is 0.330 e. The fraction of sp³-hybridized carbons (Fsp3) is 0.389. The molecule has 1 saturated heterocycles. The molecule has 12 heteroatoms. The molecular formula is C18H19N3O9. The summed E-state index contributed by atoms with van der Waals surface area (Å²) in [6.45, 7) is -0.420. The Balaban J connectivity index is 1.66. The number of benzene rings is 1. The number of aromatic amines is 1. The SMILES string of the molecule is O=C(CCc1cn([C@H]2CC(O)[C@@H](CO)O2)c(=O)[nH]c1=O)Oc1ccc([N+](=O)[O-])cc1. The van der Waals surface area contributed by atoms with Crippen molar-refractivity contribution in [3.63, 3.8) is 0 Å². The van der Waals surface area contributed by atoms with E-state index < -0.39 is 47.2 Å². The van der Waals surface area contributed by atoms with Gasteiger partial charge in [-0.1, -0.05) is 0 Å². The van der Waals surface area contributed by atoms with E-state index in [0.717, 1.165) is 4.57 Å². The molecule has 2 aromatic rings. The number of aliphatic hydroxyl groups is 2. The lowest BCUT2D eigenvalue weighted by atomic mass is 10.1. The number of aliphatic hydroxyl groups excluding tert-OH is 2. The number of carbonyl (C=O) groups excluding carboxylic acids is 1. The van der Waals surface area contributed by atoms with Crippen LogP contribution in [0, 0.1) is 10.1 Å². The third-order valence-corrected chi connectivity index (χ3v) is 4.61. The molecule has 1 aromatic heterocycles. The molecule has 12 nitrogen and oxygen atoms in total. The maximum atomic E-state index is 12.1. The van der Waals surface area contributed by atoms with Crippen LogP contribution in [-0.2, 0) is 16.0 Å². The van der Waals surface area contributed by atoms with E-state index in [0.29, 0.717) is 0 Å². The molecular weight excluding hydrogens is 402 g/mol. The largest absolute Gasteiger partial charge is 0.427 e. The van der Waals surface area contributed by atoms with Gasteiger partial charge in [0, 0.05) is 30.3 Å². The number of nitrogens with one attached hydrogen (secondary N) is 1. The Bertz CT molecular complexity index is 1040. The van der Waals surface area contributed by atoms with Crippen LogP contribution in [0.1, 0.15) is 24.6 Å². The van der Waals surface area contributed by atoms with Crippen molar-refractivity contribution in [1.29, 1.82) is 0 Å². The average molecular weight is 421 g/mol. The predicted octanol–water partition coefficient (Wildman–Crippen LogP) is -0.376. The summed E-state index contributed by atoms with van der Waals surface area (Å²) in [5.74, 6) is -0.554. The molecule has 1 unspecified atom stereocenters. The fourth-order valence-electron chi connectivity index (χ4n) is 3.02. The number of non-ortho nitro benzene ring substituents is 1. The maximum absolute atomic E-state index is 12.1. The Morgan fingerprint density at radius 3 is 2.63 bits per heavy atom. The van der Waals surface area contributed by atoms with E-state index >= 15 is 0 Å². The number of hydrogen-bond acceptors (Lipinski definition) is 9. The van der Waals surface area contributed by atoms with Gasteiger partial charge in [-0.3, -0.25) is 29.3 Å². The first-order valence-electron chi connectivity index (χ1n) is 9.02. The number of nitro groups is 1. The molecule has 3 N–H and O–H groups in total. The van der Waals surface area contributed by atoms with Crippen molar-refractivity contribution in [1.82, 2.24) is 9.55 Å². The third-order valence-electron chi connectivity index (χ3n) is 4.61. The van der Waals surface area contributed by atoms with Crippen LogP contribution < -0.4 is 16.0 Å². The molecule has 1 aliphatic heterocycles. The summed E-state index contributed by atoms with van der Waals surface area (Å²) >= 11 is 0. The highest BCUT2D eigenvalue weighted by Gasteiger charge is 2.35. The first kappa shape index (κ1) is 21.4. The van der Waals surface area contributed by atoms with Crippen LogP contribution in [0.15, 0.2) is 40.1 Å². The van der Waals surface area contributed by atoms with E-state index in [9.17, 15) is 29.6 Å². The Kier molecular flexibility index (Phi) is 6.40. The van der Waals surface area contributed by atoms with E-state index in [2.05, 4.69) is 4.98 Å². The molecule has 3 atom stereocenters. The number of hydrogen-bond donors (Lipinski definition) is 3. The van der Waals surface area contributed by atoms with Crippen LogP contribution in [0.25, 0.3) is 0 Å². The first-order valence-corrected chi connectivity index (χ1v) is 9.02.